The molecule has 128 valence electrons. The van der Waals surface area contributed by atoms with Crippen LogP contribution in [0, 0.1) is 6.92 Å². The molecule has 0 radical (unpaired) electrons. The standard InChI is InChI=1S/C15H24N2O5Si/c1-11-12(6-7-13(18)21-2)14(15(19)20)16-17(11)10-22-8-9-23(3,4)5/h6-7H,8-10H2,1-5H3,(H,19,20). The van der Waals surface area contributed by atoms with E-state index >= 15 is 0 Å². The van der Waals surface area contributed by atoms with Crippen molar-refractivity contribution in [3.63, 3.8) is 0 Å². The summed E-state index contributed by atoms with van der Waals surface area (Å²) in [7, 11) is 0.0839. The maximum Gasteiger partial charge on any atom is 0.357 e. The lowest BCUT2D eigenvalue weighted by Crippen LogP contribution is -2.22. The number of carbonyl (C=O) groups excluding carboxylic acids is 1. The van der Waals surface area contributed by atoms with Crippen molar-refractivity contribution >= 4 is 26.1 Å². The van der Waals surface area contributed by atoms with Crippen LogP contribution in [-0.4, -0.2) is 48.6 Å². The van der Waals surface area contributed by atoms with Gasteiger partial charge in [-0.05, 0) is 19.0 Å². The fourth-order valence-corrected chi connectivity index (χ4v) is 2.55. The Morgan fingerprint density at radius 3 is 2.52 bits per heavy atom. The third-order valence-electron chi connectivity index (χ3n) is 3.25. The van der Waals surface area contributed by atoms with Crippen molar-refractivity contribution in [1.82, 2.24) is 9.78 Å². The zero-order chi connectivity index (χ0) is 17.6. The Balaban J connectivity index is 2.87. The quantitative estimate of drug-likeness (QED) is 0.338. The summed E-state index contributed by atoms with van der Waals surface area (Å²) >= 11 is 0. The molecule has 0 fully saturated rings. The molecule has 0 amide bonds. The highest BCUT2D eigenvalue weighted by Crippen LogP contribution is 2.16. The Morgan fingerprint density at radius 2 is 2.00 bits per heavy atom. The molecule has 7 nitrogen and oxygen atoms in total. The third-order valence-corrected chi connectivity index (χ3v) is 4.96. The zero-order valence-electron chi connectivity index (χ0n) is 14.3. The number of carboxylic acid groups (broad SMARTS) is 1. The summed E-state index contributed by atoms with van der Waals surface area (Å²) in [6.45, 7) is 9.31. The largest absolute Gasteiger partial charge is 0.476 e. The van der Waals surface area contributed by atoms with E-state index in [0.717, 1.165) is 6.04 Å². The molecule has 1 aromatic heterocycles. The van der Waals surface area contributed by atoms with E-state index in [1.807, 2.05) is 0 Å². The molecule has 0 aliphatic carbocycles. The van der Waals surface area contributed by atoms with Crippen molar-refractivity contribution in [3.05, 3.63) is 23.0 Å². The summed E-state index contributed by atoms with van der Waals surface area (Å²) in [4.78, 5) is 22.5. The number of carboxylic acids is 1. The lowest BCUT2D eigenvalue weighted by Gasteiger charge is -2.15. The van der Waals surface area contributed by atoms with Crippen molar-refractivity contribution in [3.8, 4) is 0 Å². The van der Waals surface area contributed by atoms with Crippen molar-refractivity contribution in [2.24, 2.45) is 0 Å². The summed E-state index contributed by atoms with van der Waals surface area (Å²) in [6.07, 6.45) is 2.57. The van der Waals surface area contributed by atoms with Gasteiger partial charge < -0.3 is 14.6 Å². The van der Waals surface area contributed by atoms with Gasteiger partial charge in [-0.1, -0.05) is 19.6 Å². The van der Waals surface area contributed by atoms with Gasteiger partial charge in [0.15, 0.2) is 5.69 Å². The van der Waals surface area contributed by atoms with Gasteiger partial charge in [0.2, 0.25) is 0 Å². The van der Waals surface area contributed by atoms with E-state index in [4.69, 9.17) is 4.74 Å². The molecule has 1 heterocycles. The number of esters is 1. The Bertz CT molecular complexity index is 602. The minimum absolute atomic E-state index is 0.114. The number of ether oxygens (including phenoxy) is 2. The van der Waals surface area contributed by atoms with Gasteiger partial charge in [0.25, 0.3) is 0 Å². The number of carbonyl (C=O) groups is 2. The number of aromatic carboxylic acids is 1. The molecule has 0 aromatic carbocycles. The molecule has 0 unspecified atom stereocenters. The number of hydrogen-bond acceptors (Lipinski definition) is 5. The first-order chi connectivity index (χ1) is 10.7. The topological polar surface area (TPSA) is 90.7 Å². The highest BCUT2D eigenvalue weighted by Gasteiger charge is 2.19. The van der Waals surface area contributed by atoms with Gasteiger partial charge in [-0.2, -0.15) is 5.10 Å². The van der Waals surface area contributed by atoms with Crippen molar-refractivity contribution in [1.29, 1.82) is 0 Å². The van der Waals surface area contributed by atoms with E-state index in [1.54, 1.807) is 6.92 Å². The van der Waals surface area contributed by atoms with E-state index in [-0.39, 0.29) is 12.4 Å². The number of aromatic nitrogens is 2. The second-order valence-corrected chi connectivity index (χ2v) is 12.0. The van der Waals surface area contributed by atoms with Gasteiger partial charge in [-0.3, -0.25) is 0 Å². The van der Waals surface area contributed by atoms with Gasteiger partial charge in [-0.25, -0.2) is 14.3 Å². The maximum absolute atomic E-state index is 11.3. The number of rotatable bonds is 8. The molecule has 0 aliphatic rings. The molecule has 0 aliphatic heterocycles. The summed E-state index contributed by atoms with van der Waals surface area (Å²) in [5.74, 6) is -1.71. The second kappa shape index (κ2) is 8.07. The zero-order valence-corrected chi connectivity index (χ0v) is 15.3. The Morgan fingerprint density at radius 1 is 1.35 bits per heavy atom. The Labute approximate surface area is 136 Å². The van der Waals surface area contributed by atoms with Crippen molar-refractivity contribution in [2.45, 2.75) is 39.3 Å². The van der Waals surface area contributed by atoms with Gasteiger partial charge in [-0.15, -0.1) is 0 Å². The molecule has 1 aromatic rings. The summed E-state index contributed by atoms with van der Waals surface area (Å²) in [6, 6.07) is 1.02. The number of hydrogen-bond donors (Lipinski definition) is 1. The Kier molecular flexibility index (Phi) is 6.71. The fourth-order valence-electron chi connectivity index (χ4n) is 1.79. The molecular weight excluding hydrogens is 316 g/mol. The number of nitrogens with zero attached hydrogens (tertiary/aromatic N) is 2. The minimum Gasteiger partial charge on any atom is -0.476 e. The molecule has 0 spiro atoms. The molecule has 8 heteroatoms. The normalized spacial score (nSPS) is 11.9. The van der Waals surface area contributed by atoms with Crippen molar-refractivity contribution < 1.29 is 24.2 Å². The smallest absolute Gasteiger partial charge is 0.357 e. The first-order valence-corrected chi connectivity index (χ1v) is 11.0. The van der Waals surface area contributed by atoms with Crippen LogP contribution < -0.4 is 0 Å². The van der Waals surface area contributed by atoms with Crippen LogP contribution in [0.5, 0.6) is 0 Å². The third kappa shape index (κ3) is 5.99. The Hall–Kier alpha value is -1.93. The average Bonchev–Trinajstić information content (AvgIpc) is 2.77. The van der Waals surface area contributed by atoms with Crippen LogP contribution in [-0.2, 0) is 21.0 Å². The van der Waals surface area contributed by atoms with Crippen LogP contribution in [0.2, 0.25) is 25.7 Å². The van der Waals surface area contributed by atoms with Crippen LogP contribution >= 0.6 is 0 Å². The van der Waals surface area contributed by atoms with Crippen LogP contribution in [0.3, 0.4) is 0 Å². The fraction of sp³-hybridized carbons (Fsp3) is 0.533. The van der Waals surface area contributed by atoms with Crippen LogP contribution in [0.25, 0.3) is 6.08 Å². The van der Waals surface area contributed by atoms with Gasteiger partial charge >= 0.3 is 11.9 Å². The summed E-state index contributed by atoms with van der Waals surface area (Å²) < 4.78 is 11.6. The molecular formula is C15H24N2O5Si. The first kappa shape index (κ1) is 19.1. The summed E-state index contributed by atoms with van der Waals surface area (Å²) in [5.41, 5.74) is 0.878. The highest BCUT2D eigenvalue weighted by atomic mass is 28.3. The van der Waals surface area contributed by atoms with Crippen LogP contribution in [0.4, 0.5) is 0 Å². The second-order valence-electron chi connectivity index (χ2n) is 6.36. The number of methoxy groups -OCH3 is 1. The molecule has 0 saturated heterocycles. The predicted octanol–water partition coefficient (Wildman–Crippen LogP) is 2.39. The minimum atomic E-state index is -1.17. The molecule has 1 N–H and O–H groups in total. The first-order valence-electron chi connectivity index (χ1n) is 7.30. The predicted molar refractivity (Wildman–Crippen MR) is 89.1 cm³/mol. The van der Waals surface area contributed by atoms with E-state index in [1.165, 1.54) is 23.9 Å². The molecule has 0 saturated carbocycles. The van der Waals surface area contributed by atoms with E-state index < -0.39 is 20.0 Å². The molecule has 1 rings (SSSR count). The lowest BCUT2D eigenvalue weighted by molar-refractivity contribution is -0.134. The molecule has 0 atom stereocenters. The lowest BCUT2D eigenvalue weighted by atomic mass is 10.1. The van der Waals surface area contributed by atoms with Crippen molar-refractivity contribution in [2.75, 3.05) is 13.7 Å². The van der Waals surface area contributed by atoms with E-state index in [9.17, 15) is 14.7 Å². The van der Waals surface area contributed by atoms with Gasteiger partial charge in [0, 0.05) is 32.0 Å². The highest BCUT2D eigenvalue weighted by molar-refractivity contribution is 6.76. The molecule has 0 bridgehead atoms. The monoisotopic (exact) mass is 340 g/mol. The SMILES string of the molecule is COC(=O)C=Cc1c(C(=O)O)nn(COCC[Si](C)(C)C)c1C. The van der Waals surface area contributed by atoms with Gasteiger partial charge in [0.05, 0.1) is 7.11 Å². The van der Waals surface area contributed by atoms with Crippen LogP contribution in [0.15, 0.2) is 6.08 Å². The maximum atomic E-state index is 11.3. The van der Waals surface area contributed by atoms with Crippen LogP contribution in [0.1, 0.15) is 21.7 Å². The van der Waals surface area contributed by atoms with E-state index in [0.29, 0.717) is 17.9 Å². The van der Waals surface area contributed by atoms with Gasteiger partial charge in [0.1, 0.15) is 6.73 Å². The molecule has 23 heavy (non-hydrogen) atoms. The summed E-state index contributed by atoms with van der Waals surface area (Å²) in [5, 5.41) is 13.3. The van der Waals surface area contributed by atoms with E-state index in [2.05, 4.69) is 29.5 Å². The average molecular weight is 340 g/mol.